The number of halogens is 3. The van der Waals surface area contributed by atoms with Gasteiger partial charge in [0, 0.05) is 16.7 Å². The molecule has 19 heavy (non-hydrogen) atoms. The van der Waals surface area contributed by atoms with Crippen LogP contribution in [0.3, 0.4) is 0 Å². The van der Waals surface area contributed by atoms with Gasteiger partial charge in [0.2, 0.25) is 0 Å². The van der Waals surface area contributed by atoms with Crippen molar-refractivity contribution in [3.05, 3.63) is 21.7 Å². The minimum Gasteiger partial charge on any atom is -0.334 e. The summed E-state index contributed by atoms with van der Waals surface area (Å²) in [5.74, 6) is -0.0940. The summed E-state index contributed by atoms with van der Waals surface area (Å²) in [6, 6.07) is 0. The van der Waals surface area contributed by atoms with Crippen molar-refractivity contribution in [1.29, 1.82) is 0 Å². The van der Waals surface area contributed by atoms with Crippen molar-refractivity contribution >= 4 is 12.2 Å². The number of fused-ring (bicyclic) bond motifs is 5. The molecular formula is C13H15F3N2S. The lowest BCUT2D eigenvalue weighted by Gasteiger charge is -2.34. The highest BCUT2D eigenvalue weighted by molar-refractivity contribution is 7.71. The maximum atomic E-state index is 13.2. The highest BCUT2D eigenvalue weighted by atomic mass is 32.1. The van der Waals surface area contributed by atoms with E-state index in [1.165, 1.54) is 0 Å². The van der Waals surface area contributed by atoms with Crippen LogP contribution in [0.25, 0.3) is 0 Å². The van der Waals surface area contributed by atoms with Gasteiger partial charge in [-0.15, -0.1) is 0 Å². The zero-order chi connectivity index (χ0) is 14.2. The van der Waals surface area contributed by atoms with Crippen molar-refractivity contribution in [1.82, 2.24) is 9.97 Å². The predicted octanol–water partition coefficient (Wildman–Crippen LogP) is 4.33. The van der Waals surface area contributed by atoms with E-state index in [4.69, 9.17) is 12.2 Å². The monoisotopic (exact) mass is 288 g/mol. The van der Waals surface area contributed by atoms with Gasteiger partial charge in [-0.2, -0.15) is 13.2 Å². The minimum absolute atomic E-state index is 0.0735. The fourth-order valence-electron chi connectivity index (χ4n) is 3.93. The first-order valence-electron chi connectivity index (χ1n) is 6.31. The Morgan fingerprint density at radius 1 is 1.32 bits per heavy atom. The van der Waals surface area contributed by atoms with Crippen LogP contribution in [0.2, 0.25) is 0 Å². The first-order valence-corrected chi connectivity index (χ1v) is 6.72. The first kappa shape index (κ1) is 13.1. The number of rotatable bonds is 0. The molecule has 104 valence electrons. The molecule has 0 aromatic carbocycles. The van der Waals surface area contributed by atoms with E-state index in [0.717, 1.165) is 12.8 Å². The van der Waals surface area contributed by atoms with Crippen molar-refractivity contribution in [2.75, 3.05) is 0 Å². The highest BCUT2D eigenvalue weighted by Gasteiger charge is 2.62. The molecule has 0 saturated heterocycles. The van der Waals surface area contributed by atoms with Gasteiger partial charge in [-0.05, 0) is 36.4 Å². The van der Waals surface area contributed by atoms with Gasteiger partial charge in [0.05, 0.1) is 0 Å². The van der Waals surface area contributed by atoms with E-state index < -0.39 is 11.9 Å². The lowest BCUT2D eigenvalue weighted by Crippen LogP contribution is -2.32. The van der Waals surface area contributed by atoms with E-state index in [1.807, 2.05) is 20.8 Å². The van der Waals surface area contributed by atoms with Gasteiger partial charge < -0.3 is 4.98 Å². The number of nitrogens with zero attached hydrogens (tertiary/aromatic N) is 1. The van der Waals surface area contributed by atoms with Crippen LogP contribution in [-0.4, -0.2) is 9.97 Å². The zero-order valence-electron chi connectivity index (χ0n) is 11.0. The van der Waals surface area contributed by atoms with E-state index in [2.05, 4.69) is 9.97 Å². The van der Waals surface area contributed by atoms with Crippen molar-refractivity contribution in [2.24, 2.45) is 5.41 Å². The molecule has 1 N–H and O–H groups in total. The van der Waals surface area contributed by atoms with E-state index in [9.17, 15) is 13.2 Å². The van der Waals surface area contributed by atoms with Gasteiger partial charge in [0.25, 0.3) is 0 Å². The fourth-order valence-corrected chi connectivity index (χ4v) is 4.12. The number of H-pyrrole nitrogens is 1. The molecule has 3 rings (SSSR count). The molecule has 0 spiro atoms. The Kier molecular flexibility index (Phi) is 2.34. The van der Waals surface area contributed by atoms with Gasteiger partial charge in [-0.25, -0.2) is 4.98 Å². The second-order valence-electron chi connectivity index (χ2n) is 6.32. The molecule has 0 unspecified atom stereocenters. The normalized spacial score (nSPS) is 31.6. The predicted molar refractivity (Wildman–Crippen MR) is 67.5 cm³/mol. The minimum atomic E-state index is -4.44. The molecule has 2 bridgehead atoms. The molecule has 6 heteroatoms. The second-order valence-corrected chi connectivity index (χ2v) is 6.71. The molecule has 1 saturated carbocycles. The smallest absolute Gasteiger partial charge is 0.334 e. The largest absolute Gasteiger partial charge is 0.433 e. The molecule has 0 radical (unpaired) electrons. The maximum absolute atomic E-state index is 13.2. The zero-order valence-corrected chi connectivity index (χ0v) is 11.8. The second kappa shape index (κ2) is 3.40. The fraction of sp³-hybridized carbons (Fsp3) is 0.692. The molecule has 1 aromatic heterocycles. The number of alkyl halides is 3. The summed E-state index contributed by atoms with van der Waals surface area (Å²) >= 11 is 4.88. The average molecular weight is 288 g/mol. The quantitative estimate of drug-likeness (QED) is 0.720. The number of aromatic nitrogens is 2. The van der Waals surface area contributed by atoms with Gasteiger partial charge in [-0.3, -0.25) is 0 Å². The van der Waals surface area contributed by atoms with Crippen molar-refractivity contribution in [2.45, 2.75) is 51.1 Å². The Morgan fingerprint density at radius 2 is 1.95 bits per heavy atom. The Hall–Kier alpha value is -0.910. The molecule has 0 amide bonds. The SMILES string of the molecule is CC1(C)[C@@H]2CC[C@]1(C)c1[nH]c(=S)nc(C(F)(F)F)c12. The number of hydrogen-bond donors (Lipinski definition) is 1. The third kappa shape index (κ3) is 1.43. The van der Waals surface area contributed by atoms with Gasteiger partial charge in [0.15, 0.2) is 10.5 Å². The Morgan fingerprint density at radius 3 is 2.53 bits per heavy atom. The van der Waals surface area contributed by atoms with Crippen LogP contribution in [0, 0.1) is 10.2 Å². The molecule has 2 aliphatic rings. The van der Waals surface area contributed by atoms with Crippen LogP contribution in [0.1, 0.15) is 56.5 Å². The van der Waals surface area contributed by atoms with Crippen LogP contribution in [0.5, 0.6) is 0 Å². The third-order valence-corrected chi connectivity index (χ3v) is 5.56. The molecule has 1 heterocycles. The van der Waals surface area contributed by atoms with Crippen LogP contribution >= 0.6 is 12.2 Å². The molecule has 2 aliphatic carbocycles. The molecule has 2 atom stereocenters. The summed E-state index contributed by atoms with van der Waals surface area (Å²) in [5, 5.41) is 0. The Bertz CT molecular complexity index is 617. The molecule has 2 nitrogen and oxygen atoms in total. The van der Waals surface area contributed by atoms with E-state index >= 15 is 0 Å². The van der Waals surface area contributed by atoms with Crippen LogP contribution in [-0.2, 0) is 11.6 Å². The van der Waals surface area contributed by atoms with E-state index in [-0.39, 0.29) is 21.5 Å². The van der Waals surface area contributed by atoms with Gasteiger partial charge >= 0.3 is 6.18 Å². The standard InChI is InChI=1S/C13H15F3N2S/c1-11(2)6-4-5-12(11,3)8-7(6)9(13(14,15)16)18-10(19)17-8/h6H,4-5H2,1-3H3,(H,17,18,19)/t6-,12-/m1/s1. The maximum Gasteiger partial charge on any atom is 0.433 e. The number of hydrogen-bond acceptors (Lipinski definition) is 2. The Balaban J connectivity index is 2.37. The lowest BCUT2D eigenvalue weighted by molar-refractivity contribution is -0.142. The van der Waals surface area contributed by atoms with E-state index in [1.54, 1.807) is 0 Å². The lowest BCUT2D eigenvalue weighted by atomic mass is 9.70. The topological polar surface area (TPSA) is 28.7 Å². The number of aromatic amines is 1. The van der Waals surface area contributed by atoms with Crippen molar-refractivity contribution < 1.29 is 13.2 Å². The molecular weight excluding hydrogens is 273 g/mol. The van der Waals surface area contributed by atoms with Crippen LogP contribution in [0.15, 0.2) is 0 Å². The summed E-state index contributed by atoms with van der Waals surface area (Å²) in [6.45, 7) is 6.12. The summed E-state index contributed by atoms with van der Waals surface area (Å²) in [7, 11) is 0. The van der Waals surface area contributed by atoms with Crippen LogP contribution in [0.4, 0.5) is 13.2 Å². The Labute approximate surface area is 114 Å². The van der Waals surface area contributed by atoms with Crippen LogP contribution < -0.4 is 0 Å². The van der Waals surface area contributed by atoms with Gasteiger partial charge in [0.1, 0.15) is 0 Å². The first-order chi connectivity index (χ1) is 8.59. The average Bonchev–Trinajstić information content (AvgIpc) is 2.58. The summed E-state index contributed by atoms with van der Waals surface area (Å²) in [6.07, 6.45) is -2.76. The summed E-state index contributed by atoms with van der Waals surface area (Å²) < 4.78 is 39.5. The van der Waals surface area contributed by atoms with E-state index in [0.29, 0.717) is 11.3 Å². The summed E-state index contributed by atoms with van der Waals surface area (Å²) in [4.78, 5) is 6.50. The number of nitrogens with one attached hydrogen (secondary N) is 1. The van der Waals surface area contributed by atoms with Crippen molar-refractivity contribution in [3.8, 4) is 0 Å². The van der Waals surface area contributed by atoms with Crippen molar-refractivity contribution in [3.63, 3.8) is 0 Å². The molecule has 0 aliphatic heterocycles. The molecule has 1 fully saturated rings. The highest BCUT2D eigenvalue weighted by Crippen LogP contribution is 2.68. The molecule has 1 aromatic rings. The summed E-state index contributed by atoms with van der Waals surface area (Å²) in [5.41, 5.74) is -0.256. The third-order valence-electron chi connectivity index (χ3n) is 5.36. The van der Waals surface area contributed by atoms with Gasteiger partial charge in [-0.1, -0.05) is 20.8 Å².